The second-order valence-corrected chi connectivity index (χ2v) is 8.14. The number of unbranched alkanes of at least 4 members (excludes halogenated alkanes) is 1. The number of primary sulfonamides is 1. The second kappa shape index (κ2) is 8.59. The molecule has 1 aromatic heterocycles. The van der Waals surface area contributed by atoms with E-state index in [-0.39, 0.29) is 22.8 Å². The molecule has 11 heteroatoms. The van der Waals surface area contributed by atoms with Gasteiger partial charge in [0.1, 0.15) is 18.0 Å². The number of para-hydroxylation sites is 1. The molecule has 0 aliphatic heterocycles. The molecule has 10 nitrogen and oxygen atoms in total. The summed E-state index contributed by atoms with van der Waals surface area (Å²) in [4.78, 5) is 27.2. The molecule has 0 saturated heterocycles. The molecular formula is C19H20N4O6S. The lowest BCUT2D eigenvalue weighted by Gasteiger charge is -2.09. The van der Waals surface area contributed by atoms with Crippen molar-refractivity contribution in [1.29, 1.82) is 0 Å². The highest BCUT2D eigenvalue weighted by atomic mass is 32.2. The number of sulfonamides is 1. The van der Waals surface area contributed by atoms with Crippen molar-refractivity contribution >= 4 is 32.7 Å². The molecule has 0 aliphatic rings. The summed E-state index contributed by atoms with van der Waals surface area (Å²) in [7, 11) is -3.89. The van der Waals surface area contributed by atoms with Gasteiger partial charge in [0.15, 0.2) is 0 Å². The van der Waals surface area contributed by atoms with Crippen molar-refractivity contribution in [2.75, 3.05) is 0 Å². The van der Waals surface area contributed by atoms with Crippen LogP contribution in [0.4, 0.5) is 5.69 Å². The monoisotopic (exact) mass is 432 g/mol. The highest BCUT2D eigenvalue weighted by molar-refractivity contribution is 7.89. The Morgan fingerprint density at radius 2 is 2.00 bits per heavy atom. The van der Waals surface area contributed by atoms with Crippen LogP contribution in [0.3, 0.4) is 0 Å². The normalized spacial score (nSPS) is 11.5. The number of hydrogen-bond donors (Lipinski definition) is 1. The van der Waals surface area contributed by atoms with Crippen molar-refractivity contribution in [3.05, 3.63) is 64.0 Å². The average molecular weight is 432 g/mol. The Hall–Kier alpha value is -3.31. The van der Waals surface area contributed by atoms with Gasteiger partial charge in [0.05, 0.1) is 20.9 Å². The van der Waals surface area contributed by atoms with Crippen molar-refractivity contribution in [1.82, 2.24) is 9.55 Å². The molecular weight excluding hydrogens is 412 g/mol. The minimum absolute atomic E-state index is 0.0707. The fourth-order valence-corrected chi connectivity index (χ4v) is 3.56. The van der Waals surface area contributed by atoms with Gasteiger partial charge in [-0.15, -0.1) is 0 Å². The largest absolute Gasteiger partial charge is 0.454 e. The van der Waals surface area contributed by atoms with E-state index in [4.69, 9.17) is 9.88 Å². The van der Waals surface area contributed by atoms with Gasteiger partial charge in [0.25, 0.3) is 5.69 Å². The number of fused-ring (bicyclic) bond motifs is 1. The topological polar surface area (TPSA) is 147 Å². The number of hydrogen-bond acceptors (Lipinski definition) is 7. The standard InChI is InChI=1S/C19H20N4O6S/c1-2-3-10-22-17-9-8-13(30(20,27)28)11-15(17)21-18(22)12-29-19(24)14-6-4-5-7-16(14)23(25)26/h4-9,11H,2-3,10,12H2,1H3,(H2,20,27,28). The van der Waals surface area contributed by atoms with Gasteiger partial charge in [-0.25, -0.2) is 23.3 Å². The maximum atomic E-state index is 12.4. The number of nitro groups is 1. The van der Waals surface area contributed by atoms with Crippen molar-refractivity contribution < 1.29 is 22.9 Å². The van der Waals surface area contributed by atoms with Crippen LogP contribution in [0.1, 0.15) is 35.9 Å². The van der Waals surface area contributed by atoms with Gasteiger partial charge in [-0.1, -0.05) is 25.5 Å². The molecule has 2 aromatic carbocycles. The Labute approximate surface area is 172 Å². The van der Waals surface area contributed by atoms with E-state index in [1.807, 2.05) is 11.5 Å². The number of nitro benzene ring substituents is 1. The molecule has 0 amide bonds. The van der Waals surface area contributed by atoms with E-state index in [0.29, 0.717) is 23.4 Å². The zero-order chi connectivity index (χ0) is 21.9. The maximum absolute atomic E-state index is 12.4. The molecule has 0 aliphatic carbocycles. The number of imidazole rings is 1. The Morgan fingerprint density at radius 1 is 1.27 bits per heavy atom. The number of aromatic nitrogens is 2. The van der Waals surface area contributed by atoms with Crippen LogP contribution < -0.4 is 5.14 Å². The Bertz CT molecular complexity index is 1220. The van der Waals surface area contributed by atoms with Crippen LogP contribution in [0.5, 0.6) is 0 Å². The summed E-state index contributed by atoms with van der Waals surface area (Å²) < 4.78 is 30.4. The summed E-state index contributed by atoms with van der Waals surface area (Å²) in [5, 5.41) is 16.3. The van der Waals surface area contributed by atoms with E-state index >= 15 is 0 Å². The van der Waals surface area contributed by atoms with Crippen LogP contribution in [-0.2, 0) is 27.9 Å². The first-order valence-corrected chi connectivity index (χ1v) is 10.7. The summed E-state index contributed by atoms with van der Waals surface area (Å²) in [5.41, 5.74) is 0.567. The van der Waals surface area contributed by atoms with Gasteiger partial charge < -0.3 is 9.30 Å². The number of ether oxygens (including phenoxy) is 1. The number of carbonyl (C=O) groups is 1. The first kappa shape index (κ1) is 21.4. The predicted octanol–water partition coefficient (Wildman–Crippen LogP) is 2.75. The van der Waals surface area contributed by atoms with Crippen LogP contribution in [0.25, 0.3) is 11.0 Å². The molecule has 158 valence electrons. The lowest BCUT2D eigenvalue weighted by molar-refractivity contribution is -0.385. The summed E-state index contributed by atoms with van der Waals surface area (Å²) >= 11 is 0. The number of carbonyl (C=O) groups excluding carboxylic acids is 1. The summed E-state index contributed by atoms with van der Waals surface area (Å²) in [6, 6.07) is 9.87. The molecule has 0 atom stereocenters. The quantitative estimate of drug-likeness (QED) is 0.327. The van der Waals surface area contributed by atoms with Gasteiger partial charge in [-0.2, -0.15) is 0 Å². The zero-order valence-electron chi connectivity index (χ0n) is 16.1. The van der Waals surface area contributed by atoms with E-state index in [1.54, 1.807) is 6.07 Å². The van der Waals surface area contributed by atoms with Crippen LogP contribution in [-0.4, -0.2) is 28.9 Å². The van der Waals surface area contributed by atoms with E-state index in [1.165, 1.54) is 36.4 Å². The fraction of sp³-hybridized carbons (Fsp3) is 0.263. The van der Waals surface area contributed by atoms with Crippen LogP contribution in [0.15, 0.2) is 47.4 Å². The van der Waals surface area contributed by atoms with Crippen LogP contribution in [0, 0.1) is 10.1 Å². The molecule has 1 heterocycles. The molecule has 0 unspecified atom stereocenters. The highest BCUT2D eigenvalue weighted by Crippen LogP contribution is 2.23. The molecule has 0 bridgehead atoms. The van der Waals surface area contributed by atoms with Gasteiger partial charge in [-0.3, -0.25) is 10.1 Å². The van der Waals surface area contributed by atoms with Gasteiger partial charge in [0.2, 0.25) is 10.0 Å². The van der Waals surface area contributed by atoms with Crippen molar-refractivity contribution in [3.8, 4) is 0 Å². The number of nitrogens with zero attached hydrogens (tertiary/aromatic N) is 3. The van der Waals surface area contributed by atoms with Crippen molar-refractivity contribution in [3.63, 3.8) is 0 Å². The first-order chi connectivity index (χ1) is 14.2. The predicted molar refractivity (Wildman–Crippen MR) is 108 cm³/mol. The van der Waals surface area contributed by atoms with Gasteiger partial charge in [0, 0.05) is 12.6 Å². The third-order valence-corrected chi connectivity index (χ3v) is 5.43. The molecule has 3 aromatic rings. The SMILES string of the molecule is CCCCn1c(COC(=O)c2ccccc2[N+](=O)[O-])nc2cc(S(N)(=O)=O)ccc21. The second-order valence-electron chi connectivity index (χ2n) is 6.58. The van der Waals surface area contributed by atoms with Crippen molar-refractivity contribution in [2.45, 2.75) is 37.8 Å². The number of rotatable bonds is 8. The zero-order valence-corrected chi connectivity index (χ0v) is 17.0. The maximum Gasteiger partial charge on any atom is 0.345 e. The van der Waals surface area contributed by atoms with E-state index in [0.717, 1.165) is 12.8 Å². The minimum Gasteiger partial charge on any atom is -0.454 e. The smallest absolute Gasteiger partial charge is 0.345 e. The lowest BCUT2D eigenvalue weighted by Crippen LogP contribution is -2.12. The summed E-state index contributed by atoms with van der Waals surface area (Å²) in [6.07, 6.45) is 1.73. The molecule has 2 N–H and O–H groups in total. The Kier molecular flexibility index (Phi) is 6.13. The molecule has 3 rings (SSSR count). The van der Waals surface area contributed by atoms with Gasteiger partial charge >= 0.3 is 5.97 Å². The third kappa shape index (κ3) is 4.47. The number of benzene rings is 2. The number of aryl methyl sites for hydroxylation is 1. The molecule has 30 heavy (non-hydrogen) atoms. The molecule has 0 saturated carbocycles. The van der Waals surface area contributed by atoms with Crippen LogP contribution >= 0.6 is 0 Å². The van der Waals surface area contributed by atoms with Crippen molar-refractivity contribution in [2.24, 2.45) is 5.14 Å². The van der Waals surface area contributed by atoms with Gasteiger partial charge in [-0.05, 0) is 30.7 Å². The minimum atomic E-state index is -3.89. The first-order valence-electron chi connectivity index (χ1n) is 9.15. The molecule has 0 spiro atoms. The van der Waals surface area contributed by atoms with E-state index < -0.39 is 20.9 Å². The third-order valence-electron chi connectivity index (χ3n) is 4.52. The highest BCUT2D eigenvalue weighted by Gasteiger charge is 2.22. The Balaban J connectivity index is 1.93. The molecule has 0 radical (unpaired) electrons. The average Bonchev–Trinajstić information content (AvgIpc) is 3.06. The van der Waals surface area contributed by atoms with E-state index in [2.05, 4.69) is 4.98 Å². The summed E-state index contributed by atoms with van der Waals surface area (Å²) in [6.45, 7) is 2.38. The van der Waals surface area contributed by atoms with Crippen LogP contribution in [0.2, 0.25) is 0 Å². The fourth-order valence-electron chi connectivity index (χ4n) is 3.03. The number of nitrogens with two attached hydrogens (primary N) is 1. The lowest BCUT2D eigenvalue weighted by atomic mass is 10.2. The van der Waals surface area contributed by atoms with E-state index in [9.17, 15) is 23.3 Å². The number of esters is 1. The summed E-state index contributed by atoms with van der Waals surface area (Å²) in [5.74, 6) is -0.446. The Morgan fingerprint density at radius 3 is 2.67 bits per heavy atom. The molecule has 0 fully saturated rings.